The third-order valence-corrected chi connectivity index (χ3v) is 9.24. The first kappa shape index (κ1) is 36.0. The van der Waals surface area contributed by atoms with E-state index in [1.54, 1.807) is 7.11 Å². The summed E-state index contributed by atoms with van der Waals surface area (Å²) in [4.78, 5) is 18.5. The van der Waals surface area contributed by atoms with Crippen LogP contribution in [-0.2, 0) is 14.8 Å². The minimum Gasteiger partial charge on any atom is -0.497 e. The second-order valence-corrected chi connectivity index (χ2v) is 13.4. The summed E-state index contributed by atoms with van der Waals surface area (Å²) < 4.78 is 65.2. The molecule has 5 rings (SSSR count). The van der Waals surface area contributed by atoms with Crippen LogP contribution in [0.4, 0.5) is 30.6 Å². The van der Waals surface area contributed by atoms with Gasteiger partial charge in [-0.2, -0.15) is 18.2 Å². The van der Waals surface area contributed by atoms with E-state index in [0.717, 1.165) is 60.4 Å². The van der Waals surface area contributed by atoms with E-state index in [1.165, 1.54) is 18.2 Å². The van der Waals surface area contributed by atoms with Gasteiger partial charge >= 0.3 is 12.1 Å². The highest BCUT2D eigenvalue weighted by Gasteiger charge is 2.38. The summed E-state index contributed by atoms with van der Waals surface area (Å²) in [6, 6.07) is 20.0. The molecule has 1 heterocycles. The number of halogens is 5. The predicted octanol–water partition coefficient (Wildman–Crippen LogP) is 7.52. The fourth-order valence-corrected chi connectivity index (χ4v) is 6.80. The number of alkyl halides is 3. The molecule has 1 fully saturated rings. The number of carboxylic acid groups (broad SMARTS) is 1. The topological polar surface area (TPSA) is 143 Å². The number of carbonyl (C=O) groups is 1. The molecule has 1 saturated carbocycles. The molecular weight excluding hydrogens is 682 g/mol. The zero-order valence-electron chi connectivity index (χ0n) is 25.0. The maximum Gasteiger partial charge on any atom is 0.490 e. The van der Waals surface area contributed by atoms with Crippen LogP contribution in [0.2, 0.25) is 10.0 Å². The number of para-hydroxylation sites is 1. The number of hydrogen-bond donors (Lipinski definition) is 4. The summed E-state index contributed by atoms with van der Waals surface area (Å²) in [6.45, 7) is 1.14. The minimum atomic E-state index is -5.08. The largest absolute Gasteiger partial charge is 0.497 e. The predicted molar refractivity (Wildman–Crippen MR) is 175 cm³/mol. The Morgan fingerprint density at radius 2 is 1.55 bits per heavy atom. The Kier molecular flexibility index (Phi) is 12.1. The second-order valence-electron chi connectivity index (χ2n) is 10.8. The lowest BCUT2D eigenvalue weighted by Crippen LogP contribution is -2.32. The van der Waals surface area contributed by atoms with Gasteiger partial charge in [-0.05, 0) is 80.0 Å². The lowest BCUT2D eigenvalue weighted by molar-refractivity contribution is -0.192. The number of methoxy groups -OCH3 is 1. The van der Waals surface area contributed by atoms with E-state index in [2.05, 4.69) is 15.4 Å². The lowest BCUT2D eigenvalue weighted by atomic mass is 9.82. The highest BCUT2D eigenvalue weighted by molar-refractivity contribution is 7.89. The third-order valence-electron chi connectivity index (χ3n) is 7.40. The van der Waals surface area contributed by atoms with Crippen LogP contribution in [0.15, 0.2) is 71.6 Å². The zero-order chi connectivity index (χ0) is 34.2. The van der Waals surface area contributed by atoms with Gasteiger partial charge in [-0.1, -0.05) is 41.4 Å². The van der Waals surface area contributed by atoms with Crippen molar-refractivity contribution in [2.75, 3.05) is 30.8 Å². The SMILES string of the molecule is COc1cccc(Nc2nc(NCC3CCC(CNS(=O)(=O)c4cc(Cl)cc(Cl)c4)CC3)nc3ccccc23)c1.O=C(O)C(F)(F)F. The first-order valence-corrected chi connectivity index (χ1v) is 16.6. The number of benzene rings is 3. The van der Waals surface area contributed by atoms with Crippen molar-refractivity contribution >= 4 is 67.6 Å². The molecule has 16 heteroatoms. The highest BCUT2D eigenvalue weighted by Crippen LogP contribution is 2.31. The molecule has 0 radical (unpaired) electrons. The van der Waals surface area contributed by atoms with E-state index in [-0.39, 0.29) is 10.8 Å². The summed E-state index contributed by atoms with van der Waals surface area (Å²) in [5.74, 6) is 0.0182. The molecule has 47 heavy (non-hydrogen) atoms. The van der Waals surface area contributed by atoms with Gasteiger partial charge in [0.2, 0.25) is 16.0 Å². The summed E-state index contributed by atoms with van der Waals surface area (Å²) >= 11 is 12.0. The van der Waals surface area contributed by atoms with E-state index in [9.17, 15) is 21.6 Å². The Morgan fingerprint density at radius 1 is 0.936 bits per heavy atom. The maximum absolute atomic E-state index is 12.7. The zero-order valence-corrected chi connectivity index (χ0v) is 27.3. The molecule has 4 N–H and O–H groups in total. The van der Waals surface area contributed by atoms with Gasteiger partial charge in [0, 0.05) is 40.3 Å². The maximum atomic E-state index is 12.7. The molecule has 1 aromatic heterocycles. The minimum absolute atomic E-state index is 0.0820. The van der Waals surface area contributed by atoms with Crippen LogP contribution >= 0.6 is 23.2 Å². The Hall–Kier alpha value is -3.85. The molecule has 1 aliphatic carbocycles. The third kappa shape index (κ3) is 10.6. The Bertz CT molecular complexity index is 1790. The van der Waals surface area contributed by atoms with Crippen molar-refractivity contribution in [2.24, 2.45) is 11.8 Å². The van der Waals surface area contributed by atoms with Crippen molar-refractivity contribution in [1.29, 1.82) is 0 Å². The smallest absolute Gasteiger partial charge is 0.490 e. The number of rotatable bonds is 10. The number of nitrogens with zero attached hydrogens (tertiary/aromatic N) is 2. The Morgan fingerprint density at radius 3 is 2.17 bits per heavy atom. The normalized spacial score (nSPS) is 16.6. The molecule has 3 aromatic carbocycles. The second kappa shape index (κ2) is 15.8. The summed E-state index contributed by atoms with van der Waals surface area (Å²) in [5.41, 5.74) is 1.73. The molecule has 4 aromatic rings. The average molecular weight is 715 g/mol. The van der Waals surface area contributed by atoms with Crippen LogP contribution < -0.4 is 20.1 Å². The molecule has 1 aliphatic rings. The number of anilines is 3. The van der Waals surface area contributed by atoms with E-state index in [4.69, 9.17) is 47.8 Å². The van der Waals surface area contributed by atoms with Gasteiger partial charge < -0.3 is 20.5 Å². The number of ether oxygens (including phenoxy) is 1. The number of aromatic nitrogens is 2. The first-order valence-electron chi connectivity index (χ1n) is 14.4. The Labute approximate surface area is 279 Å². The molecule has 0 atom stereocenters. The van der Waals surface area contributed by atoms with Gasteiger partial charge in [-0.15, -0.1) is 0 Å². The fraction of sp³-hybridized carbons (Fsp3) is 0.323. The van der Waals surface area contributed by atoms with Crippen molar-refractivity contribution in [3.63, 3.8) is 0 Å². The van der Waals surface area contributed by atoms with Gasteiger partial charge in [0.25, 0.3) is 0 Å². The number of nitrogens with one attached hydrogen (secondary N) is 3. The van der Waals surface area contributed by atoms with Gasteiger partial charge in [-0.25, -0.2) is 22.9 Å². The molecule has 0 saturated heterocycles. The van der Waals surface area contributed by atoms with Gasteiger partial charge in [0.1, 0.15) is 11.6 Å². The van der Waals surface area contributed by atoms with Gasteiger partial charge in [-0.3, -0.25) is 0 Å². The molecule has 252 valence electrons. The van der Waals surface area contributed by atoms with E-state index < -0.39 is 22.2 Å². The number of fused-ring (bicyclic) bond motifs is 1. The average Bonchev–Trinajstić information content (AvgIpc) is 3.03. The monoisotopic (exact) mass is 713 g/mol. The van der Waals surface area contributed by atoms with Crippen molar-refractivity contribution in [1.82, 2.24) is 14.7 Å². The van der Waals surface area contributed by atoms with E-state index >= 15 is 0 Å². The molecule has 0 bridgehead atoms. The van der Waals surface area contributed by atoms with Crippen LogP contribution in [0.5, 0.6) is 5.75 Å². The molecule has 0 spiro atoms. The van der Waals surface area contributed by atoms with Gasteiger partial charge in [0.05, 0.1) is 17.5 Å². The molecule has 0 aliphatic heterocycles. The van der Waals surface area contributed by atoms with Crippen molar-refractivity contribution in [3.8, 4) is 5.75 Å². The number of sulfonamides is 1. The van der Waals surface area contributed by atoms with Crippen LogP contribution in [0.25, 0.3) is 10.9 Å². The summed E-state index contributed by atoms with van der Waals surface area (Å²) in [5, 5.41) is 15.5. The lowest BCUT2D eigenvalue weighted by Gasteiger charge is -2.28. The number of hydrogen-bond acceptors (Lipinski definition) is 8. The quantitative estimate of drug-likeness (QED) is 0.131. The van der Waals surface area contributed by atoms with Gasteiger partial charge in [0.15, 0.2) is 0 Å². The summed E-state index contributed by atoms with van der Waals surface area (Å²) in [7, 11) is -2.03. The number of aliphatic carboxylic acids is 1. The van der Waals surface area contributed by atoms with Crippen LogP contribution in [-0.4, -0.2) is 55.8 Å². The molecule has 0 unspecified atom stereocenters. The number of carboxylic acids is 1. The van der Waals surface area contributed by atoms with Crippen LogP contribution in [0.1, 0.15) is 25.7 Å². The fourth-order valence-electron chi connectivity index (χ4n) is 4.96. The first-order chi connectivity index (χ1) is 22.2. The molecule has 0 amide bonds. The molecule has 10 nitrogen and oxygen atoms in total. The summed E-state index contributed by atoms with van der Waals surface area (Å²) in [6.07, 6.45) is -1.23. The van der Waals surface area contributed by atoms with Crippen LogP contribution in [0, 0.1) is 11.8 Å². The van der Waals surface area contributed by atoms with E-state index in [0.29, 0.717) is 28.5 Å². The van der Waals surface area contributed by atoms with E-state index in [1.807, 2.05) is 48.5 Å². The molecular formula is C31H32Cl2F3N5O5S. The van der Waals surface area contributed by atoms with Crippen molar-refractivity contribution in [2.45, 2.75) is 36.8 Å². The standard InChI is InChI=1S/C29H31Cl2N5O3S.C2HF3O2/c1-39-24-6-4-5-23(16-24)34-28-26-7-2-3-8-27(26)35-29(36-28)32-17-19-9-11-20(12-10-19)18-33-40(37,38)25-14-21(30)13-22(31)15-25;3-2(4,5)1(6)7/h2-8,13-16,19-20,33H,9-12,17-18H2,1H3,(H2,32,34,35,36);(H,6,7). The van der Waals surface area contributed by atoms with Crippen molar-refractivity contribution < 1.29 is 36.2 Å². The van der Waals surface area contributed by atoms with Crippen molar-refractivity contribution in [3.05, 3.63) is 76.8 Å². The Balaban J connectivity index is 0.000000644. The van der Waals surface area contributed by atoms with Crippen LogP contribution in [0.3, 0.4) is 0 Å². The highest BCUT2D eigenvalue weighted by atomic mass is 35.5.